The predicted molar refractivity (Wildman–Crippen MR) is 74.1 cm³/mol. The van der Waals surface area contributed by atoms with Crippen LogP contribution in [0.1, 0.15) is 10.4 Å². The van der Waals surface area contributed by atoms with E-state index in [2.05, 4.69) is 0 Å². The molecule has 0 aliphatic carbocycles. The topological polar surface area (TPSA) is 75.9 Å². The predicted octanol–water partition coefficient (Wildman–Crippen LogP) is 1.13. The van der Waals surface area contributed by atoms with Crippen LogP contribution in [0.15, 0.2) is 18.2 Å². The number of amides is 1. The van der Waals surface area contributed by atoms with Crippen LogP contribution in [0.4, 0.5) is 11.4 Å². The molecule has 0 radical (unpaired) electrons. The molecule has 0 saturated carbocycles. The number of carbonyl (C=O) groups excluding carboxylic acids is 1. The number of nitro benzene ring substituents is 1. The van der Waals surface area contributed by atoms with E-state index in [1.807, 2.05) is 0 Å². The summed E-state index contributed by atoms with van der Waals surface area (Å²) in [5.41, 5.74) is 0.949. The van der Waals surface area contributed by atoms with E-state index in [4.69, 9.17) is 4.74 Å². The Morgan fingerprint density at radius 3 is 2.55 bits per heavy atom. The van der Waals surface area contributed by atoms with Crippen molar-refractivity contribution in [3.05, 3.63) is 33.9 Å². The molecular formula is C13H17N3O4. The number of benzene rings is 1. The molecule has 0 aromatic heterocycles. The molecule has 20 heavy (non-hydrogen) atoms. The van der Waals surface area contributed by atoms with E-state index in [0.29, 0.717) is 37.6 Å². The summed E-state index contributed by atoms with van der Waals surface area (Å²) in [6, 6.07) is 4.35. The molecule has 7 nitrogen and oxygen atoms in total. The average molecular weight is 279 g/mol. The van der Waals surface area contributed by atoms with Gasteiger partial charge in [0.05, 0.1) is 23.7 Å². The van der Waals surface area contributed by atoms with Gasteiger partial charge in [0.15, 0.2) is 0 Å². The van der Waals surface area contributed by atoms with Crippen LogP contribution in [0, 0.1) is 10.1 Å². The van der Waals surface area contributed by atoms with Gasteiger partial charge < -0.3 is 14.5 Å². The highest BCUT2D eigenvalue weighted by Crippen LogP contribution is 2.25. The lowest BCUT2D eigenvalue weighted by Crippen LogP contribution is -2.41. The van der Waals surface area contributed by atoms with Crippen molar-refractivity contribution >= 4 is 17.3 Å². The number of nitrogens with zero attached hydrogens (tertiary/aromatic N) is 3. The van der Waals surface area contributed by atoms with Crippen LogP contribution in [0.5, 0.6) is 0 Å². The molecule has 0 bridgehead atoms. The van der Waals surface area contributed by atoms with E-state index in [0.717, 1.165) is 0 Å². The minimum absolute atomic E-state index is 0.0767. The van der Waals surface area contributed by atoms with E-state index in [9.17, 15) is 14.9 Å². The highest BCUT2D eigenvalue weighted by Gasteiger charge is 2.24. The van der Waals surface area contributed by atoms with Crippen LogP contribution in [-0.2, 0) is 4.74 Å². The maximum Gasteiger partial charge on any atom is 0.270 e. The van der Waals surface area contributed by atoms with Gasteiger partial charge in [-0.15, -0.1) is 0 Å². The van der Waals surface area contributed by atoms with Gasteiger partial charge in [-0.25, -0.2) is 0 Å². The van der Waals surface area contributed by atoms with Crippen molar-refractivity contribution < 1.29 is 14.5 Å². The quantitative estimate of drug-likeness (QED) is 0.612. The molecule has 1 aliphatic rings. The fourth-order valence-electron chi connectivity index (χ4n) is 2.14. The van der Waals surface area contributed by atoms with Gasteiger partial charge in [-0.05, 0) is 6.07 Å². The van der Waals surface area contributed by atoms with Gasteiger partial charge in [0.2, 0.25) is 0 Å². The number of non-ortho nitro benzene ring substituents is 1. The maximum absolute atomic E-state index is 12.5. The Bertz CT molecular complexity index is 524. The minimum atomic E-state index is -0.491. The fraction of sp³-hybridized carbons (Fsp3) is 0.462. The average Bonchev–Trinajstić information content (AvgIpc) is 2.46. The first-order valence-corrected chi connectivity index (χ1v) is 6.33. The molecule has 0 atom stereocenters. The molecule has 1 aromatic carbocycles. The van der Waals surface area contributed by atoms with Gasteiger partial charge in [-0.2, -0.15) is 0 Å². The summed E-state index contributed by atoms with van der Waals surface area (Å²) in [6.45, 7) is 2.01. The SMILES string of the molecule is CN(C)c1ccc([N+](=O)[O-])cc1C(=O)N1CCOCC1. The van der Waals surface area contributed by atoms with Crippen LogP contribution in [0.25, 0.3) is 0 Å². The summed E-state index contributed by atoms with van der Waals surface area (Å²) in [7, 11) is 3.61. The van der Waals surface area contributed by atoms with E-state index >= 15 is 0 Å². The van der Waals surface area contributed by atoms with Crippen molar-refractivity contribution in [2.45, 2.75) is 0 Å². The number of rotatable bonds is 3. The first kappa shape index (κ1) is 14.3. The highest BCUT2D eigenvalue weighted by molar-refractivity contribution is 6.00. The zero-order valence-electron chi connectivity index (χ0n) is 11.5. The van der Waals surface area contributed by atoms with Crippen molar-refractivity contribution in [2.75, 3.05) is 45.3 Å². The molecule has 1 aliphatic heterocycles. The van der Waals surface area contributed by atoms with Gasteiger partial charge in [-0.3, -0.25) is 14.9 Å². The lowest BCUT2D eigenvalue weighted by atomic mass is 10.1. The number of anilines is 1. The molecule has 1 fully saturated rings. The summed E-state index contributed by atoms with van der Waals surface area (Å²) in [4.78, 5) is 26.3. The zero-order valence-corrected chi connectivity index (χ0v) is 11.5. The monoisotopic (exact) mass is 279 g/mol. The normalized spacial score (nSPS) is 15.0. The van der Waals surface area contributed by atoms with Crippen molar-refractivity contribution in [1.29, 1.82) is 0 Å². The van der Waals surface area contributed by atoms with Crippen molar-refractivity contribution in [3.8, 4) is 0 Å². The summed E-state index contributed by atoms with van der Waals surface area (Å²) in [5, 5.41) is 10.9. The lowest BCUT2D eigenvalue weighted by Gasteiger charge is -2.28. The Kier molecular flexibility index (Phi) is 4.19. The maximum atomic E-state index is 12.5. The van der Waals surface area contributed by atoms with Gasteiger partial charge in [0.1, 0.15) is 0 Å². The second kappa shape index (κ2) is 5.87. The molecule has 2 rings (SSSR count). The highest BCUT2D eigenvalue weighted by atomic mass is 16.6. The Balaban J connectivity index is 2.38. The van der Waals surface area contributed by atoms with Gasteiger partial charge in [0.25, 0.3) is 11.6 Å². The van der Waals surface area contributed by atoms with Crippen LogP contribution >= 0.6 is 0 Å². The number of carbonyl (C=O) groups is 1. The second-order valence-corrected chi connectivity index (χ2v) is 4.76. The molecule has 1 heterocycles. The molecule has 1 aromatic rings. The minimum Gasteiger partial charge on any atom is -0.378 e. The zero-order chi connectivity index (χ0) is 14.7. The molecule has 108 valence electrons. The largest absolute Gasteiger partial charge is 0.378 e. The van der Waals surface area contributed by atoms with E-state index in [1.54, 1.807) is 30.0 Å². The molecular weight excluding hydrogens is 262 g/mol. The summed E-state index contributed by atoms with van der Waals surface area (Å²) >= 11 is 0. The van der Waals surface area contributed by atoms with E-state index in [-0.39, 0.29) is 11.6 Å². The number of nitro groups is 1. The summed E-state index contributed by atoms with van der Waals surface area (Å²) in [5.74, 6) is -0.194. The van der Waals surface area contributed by atoms with Gasteiger partial charge >= 0.3 is 0 Å². The van der Waals surface area contributed by atoms with E-state index < -0.39 is 4.92 Å². The number of hydrogen-bond donors (Lipinski definition) is 0. The molecule has 1 amide bonds. The van der Waals surface area contributed by atoms with Gasteiger partial charge in [-0.1, -0.05) is 0 Å². The first-order valence-electron chi connectivity index (χ1n) is 6.33. The third kappa shape index (κ3) is 2.88. The van der Waals surface area contributed by atoms with Gasteiger partial charge in [0, 0.05) is 45.0 Å². The summed E-state index contributed by atoms with van der Waals surface area (Å²) < 4.78 is 5.21. The third-order valence-corrected chi connectivity index (χ3v) is 3.20. The Morgan fingerprint density at radius 1 is 1.35 bits per heavy atom. The third-order valence-electron chi connectivity index (χ3n) is 3.20. The van der Waals surface area contributed by atoms with E-state index in [1.165, 1.54) is 12.1 Å². The Labute approximate surface area is 116 Å². The standard InChI is InChI=1S/C13H17N3O4/c1-14(2)12-4-3-10(16(18)19)9-11(12)13(17)15-5-7-20-8-6-15/h3-4,9H,5-8H2,1-2H3. The smallest absolute Gasteiger partial charge is 0.270 e. The Morgan fingerprint density at radius 2 is 2.00 bits per heavy atom. The van der Waals surface area contributed by atoms with Crippen LogP contribution in [0.3, 0.4) is 0 Å². The number of hydrogen-bond acceptors (Lipinski definition) is 5. The Hall–Kier alpha value is -2.15. The second-order valence-electron chi connectivity index (χ2n) is 4.76. The van der Waals surface area contributed by atoms with Crippen molar-refractivity contribution in [1.82, 2.24) is 4.90 Å². The van der Waals surface area contributed by atoms with Crippen LogP contribution < -0.4 is 4.90 Å². The van der Waals surface area contributed by atoms with Crippen molar-refractivity contribution in [2.24, 2.45) is 0 Å². The lowest BCUT2D eigenvalue weighted by molar-refractivity contribution is -0.384. The van der Waals surface area contributed by atoms with Crippen molar-refractivity contribution in [3.63, 3.8) is 0 Å². The molecule has 7 heteroatoms. The molecule has 0 unspecified atom stereocenters. The first-order chi connectivity index (χ1) is 9.50. The molecule has 1 saturated heterocycles. The molecule has 0 spiro atoms. The molecule has 0 N–H and O–H groups in total. The fourth-order valence-corrected chi connectivity index (χ4v) is 2.14. The van der Waals surface area contributed by atoms with Crippen LogP contribution in [0.2, 0.25) is 0 Å². The number of ether oxygens (including phenoxy) is 1. The number of morpholine rings is 1. The van der Waals surface area contributed by atoms with Crippen LogP contribution in [-0.4, -0.2) is 56.1 Å². The summed E-state index contributed by atoms with van der Waals surface area (Å²) in [6.07, 6.45) is 0.